The lowest BCUT2D eigenvalue weighted by Crippen LogP contribution is -2.29. The number of aliphatic carboxylic acids is 1. The number of carboxylic acids is 1. The summed E-state index contributed by atoms with van der Waals surface area (Å²) in [4.78, 5) is 12.4. The summed E-state index contributed by atoms with van der Waals surface area (Å²) >= 11 is 0. The first-order valence-corrected chi connectivity index (χ1v) is 4.76. The molecular weight excluding hydrogens is 182 g/mol. The van der Waals surface area contributed by atoms with Crippen molar-refractivity contribution in [1.82, 2.24) is 4.90 Å². The van der Waals surface area contributed by atoms with Crippen molar-refractivity contribution in [2.75, 3.05) is 26.8 Å². The Balaban J connectivity index is 2.12. The van der Waals surface area contributed by atoms with Gasteiger partial charge in [-0.2, -0.15) is 0 Å². The largest absolute Gasteiger partial charge is 0.481 e. The highest BCUT2D eigenvalue weighted by Crippen LogP contribution is 2.18. The smallest absolute Gasteiger partial charge is 0.305 e. The van der Waals surface area contributed by atoms with Crippen LogP contribution in [0.3, 0.4) is 0 Å². The van der Waals surface area contributed by atoms with Crippen LogP contribution in [-0.4, -0.2) is 48.8 Å². The SMILES string of the molecule is C=C1C[C@@H](COCCC(=O)O)N(C)C1. The van der Waals surface area contributed by atoms with Crippen LogP contribution >= 0.6 is 0 Å². The molecule has 0 amide bonds. The van der Waals surface area contributed by atoms with Crippen LogP contribution in [0.1, 0.15) is 12.8 Å². The molecule has 0 spiro atoms. The molecule has 1 heterocycles. The van der Waals surface area contributed by atoms with Crippen LogP contribution < -0.4 is 0 Å². The molecule has 0 aromatic carbocycles. The molecule has 0 bridgehead atoms. The first kappa shape index (κ1) is 11.2. The highest BCUT2D eigenvalue weighted by molar-refractivity contribution is 5.66. The monoisotopic (exact) mass is 199 g/mol. The first-order valence-electron chi connectivity index (χ1n) is 4.76. The Bertz CT molecular complexity index is 227. The van der Waals surface area contributed by atoms with Gasteiger partial charge in [0.05, 0.1) is 19.6 Å². The second-order valence-corrected chi connectivity index (χ2v) is 3.74. The zero-order chi connectivity index (χ0) is 10.6. The maximum absolute atomic E-state index is 10.2. The summed E-state index contributed by atoms with van der Waals surface area (Å²) in [5.74, 6) is -0.811. The second-order valence-electron chi connectivity index (χ2n) is 3.74. The van der Waals surface area contributed by atoms with E-state index < -0.39 is 5.97 Å². The van der Waals surface area contributed by atoms with E-state index in [1.807, 2.05) is 7.05 Å². The molecule has 0 saturated carbocycles. The lowest BCUT2D eigenvalue weighted by atomic mass is 10.2. The van der Waals surface area contributed by atoms with Gasteiger partial charge in [-0.25, -0.2) is 0 Å². The molecule has 1 fully saturated rings. The van der Waals surface area contributed by atoms with Crippen LogP contribution in [0.15, 0.2) is 12.2 Å². The molecule has 1 aliphatic rings. The van der Waals surface area contributed by atoms with E-state index in [9.17, 15) is 4.79 Å². The molecule has 14 heavy (non-hydrogen) atoms. The van der Waals surface area contributed by atoms with Crippen molar-refractivity contribution in [2.24, 2.45) is 0 Å². The van der Waals surface area contributed by atoms with Crippen molar-refractivity contribution in [3.05, 3.63) is 12.2 Å². The topological polar surface area (TPSA) is 49.8 Å². The summed E-state index contributed by atoms with van der Waals surface area (Å²) in [6.45, 7) is 5.74. The summed E-state index contributed by atoms with van der Waals surface area (Å²) in [6, 6.07) is 0.372. The summed E-state index contributed by atoms with van der Waals surface area (Å²) in [5, 5.41) is 8.39. The molecule has 1 saturated heterocycles. The van der Waals surface area contributed by atoms with Gasteiger partial charge in [-0.05, 0) is 13.5 Å². The molecule has 4 nitrogen and oxygen atoms in total. The molecule has 0 aromatic heterocycles. The fraction of sp³-hybridized carbons (Fsp3) is 0.700. The van der Waals surface area contributed by atoms with Crippen molar-refractivity contribution in [1.29, 1.82) is 0 Å². The first-order chi connectivity index (χ1) is 6.59. The van der Waals surface area contributed by atoms with Gasteiger partial charge in [0, 0.05) is 12.6 Å². The van der Waals surface area contributed by atoms with Crippen molar-refractivity contribution in [3.8, 4) is 0 Å². The van der Waals surface area contributed by atoms with Crippen molar-refractivity contribution >= 4 is 5.97 Å². The van der Waals surface area contributed by atoms with Gasteiger partial charge in [-0.3, -0.25) is 9.69 Å². The molecular formula is C10H17NO3. The standard InChI is InChI=1S/C10H17NO3/c1-8-5-9(11(2)6-8)7-14-4-3-10(12)13/h9H,1,3-7H2,2H3,(H,12,13)/t9-/m0/s1. The normalized spacial score (nSPS) is 22.9. The van der Waals surface area contributed by atoms with Crippen LogP contribution in [0.4, 0.5) is 0 Å². The van der Waals surface area contributed by atoms with Crippen molar-refractivity contribution in [2.45, 2.75) is 18.9 Å². The van der Waals surface area contributed by atoms with E-state index in [0.717, 1.165) is 13.0 Å². The average Bonchev–Trinajstić information content (AvgIpc) is 2.39. The number of likely N-dealkylation sites (tertiary alicyclic amines) is 1. The molecule has 0 aliphatic carbocycles. The van der Waals surface area contributed by atoms with E-state index in [-0.39, 0.29) is 6.42 Å². The highest BCUT2D eigenvalue weighted by Gasteiger charge is 2.23. The molecule has 0 aromatic rings. The fourth-order valence-electron chi connectivity index (χ4n) is 1.60. The molecule has 4 heteroatoms. The molecule has 1 aliphatic heterocycles. The Kier molecular flexibility index (Phi) is 4.10. The quantitative estimate of drug-likeness (QED) is 0.524. The Morgan fingerprint density at radius 2 is 2.50 bits per heavy atom. The minimum Gasteiger partial charge on any atom is -0.481 e. The number of nitrogens with zero attached hydrogens (tertiary/aromatic N) is 1. The fourth-order valence-corrected chi connectivity index (χ4v) is 1.60. The predicted molar refractivity (Wildman–Crippen MR) is 53.2 cm³/mol. The average molecular weight is 199 g/mol. The van der Waals surface area contributed by atoms with Crippen molar-refractivity contribution < 1.29 is 14.6 Å². The van der Waals surface area contributed by atoms with Crippen molar-refractivity contribution in [3.63, 3.8) is 0 Å². The number of hydrogen-bond donors (Lipinski definition) is 1. The third-order valence-corrected chi connectivity index (χ3v) is 2.39. The van der Waals surface area contributed by atoms with Gasteiger partial charge in [-0.15, -0.1) is 0 Å². The van der Waals surface area contributed by atoms with E-state index in [4.69, 9.17) is 9.84 Å². The lowest BCUT2D eigenvalue weighted by molar-refractivity contribution is -0.138. The Labute approximate surface area is 84.2 Å². The minimum atomic E-state index is -0.811. The van der Waals surface area contributed by atoms with Gasteiger partial charge >= 0.3 is 5.97 Å². The summed E-state index contributed by atoms with van der Waals surface area (Å²) in [5.41, 5.74) is 1.22. The molecule has 1 atom stereocenters. The second kappa shape index (κ2) is 5.12. The van der Waals surface area contributed by atoms with Crippen LogP contribution in [0.25, 0.3) is 0 Å². The molecule has 1 rings (SSSR count). The third-order valence-electron chi connectivity index (χ3n) is 2.39. The number of rotatable bonds is 5. The Morgan fingerprint density at radius 1 is 1.79 bits per heavy atom. The number of ether oxygens (including phenoxy) is 1. The van der Waals surface area contributed by atoms with Crippen LogP contribution in [0.2, 0.25) is 0 Å². The zero-order valence-corrected chi connectivity index (χ0v) is 8.53. The number of hydrogen-bond acceptors (Lipinski definition) is 3. The van der Waals surface area contributed by atoms with E-state index in [1.165, 1.54) is 5.57 Å². The van der Waals surface area contributed by atoms with Gasteiger partial charge < -0.3 is 9.84 Å². The van der Waals surface area contributed by atoms with E-state index >= 15 is 0 Å². The van der Waals surface area contributed by atoms with Gasteiger partial charge in [0.1, 0.15) is 0 Å². The summed E-state index contributed by atoms with van der Waals surface area (Å²) < 4.78 is 5.28. The van der Waals surface area contributed by atoms with Crippen LogP contribution in [-0.2, 0) is 9.53 Å². The van der Waals surface area contributed by atoms with Gasteiger partial charge in [0.15, 0.2) is 0 Å². The van der Waals surface area contributed by atoms with Gasteiger partial charge in [0.2, 0.25) is 0 Å². The molecule has 0 unspecified atom stereocenters. The number of likely N-dealkylation sites (N-methyl/N-ethyl adjacent to an activating group) is 1. The molecule has 80 valence electrons. The summed E-state index contributed by atoms with van der Waals surface area (Å²) in [7, 11) is 2.03. The van der Waals surface area contributed by atoms with Crippen LogP contribution in [0, 0.1) is 0 Å². The predicted octanol–water partition coefficient (Wildman–Crippen LogP) is 0.738. The Morgan fingerprint density at radius 3 is 3.00 bits per heavy atom. The van der Waals surface area contributed by atoms with E-state index in [2.05, 4.69) is 11.5 Å². The third kappa shape index (κ3) is 3.47. The highest BCUT2D eigenvalue weighted by atomic mass is 16.5. The molecule has 0 radical (unpaired) electrons. The molecule has 1 N–H and O–H groups in total. The summed E-state index contributed by atoms with van der Waals surface area (Å²) in [6.07, 6.45) is 1.04. The lowest BCUT2D eigenvalue weighted by Gasteiger charge is -2.18. The van der Waals surface area contributed by atoms with E-state index in [0.29, 0.717) is 19.3 Å². The Hall–Kier alpha value is -0.870. The van der Waals surface area contributed by atoms with Crippen LogP contribution in [0.5, 0.6) is 0 Å². The van der Waals surface area contributed by atoms with Gasteiger partial charge in [0.25, 0.3) is 0 Å². The maximum Gasteiger partial charge on any atom is 0.305 e. The maximum atomic E-state index is 10.2. The van der Waals surface area contributed by atoms with Gasteiger partial charge in [-0.1, -0.05) is 12.2 Å². The number of carbonyl (C=O) groups is 1. The number of carboxylic acid groups (broad SMARTS) is 1. The zero-order valence-electron chi connectivity index (χ0n) is 8.53. The van der Waals surface area contributed by atoms with E-state index in [1.54, 1.807) is 0 Å². The minimum absolute atomic E-state index is 0.0807.